The molecule has 0 aliphatic rings. The van der Waals surface area contributed by atoms with Crippen LogP contribution in [-0.2, 0) is 6.54 Å². The van der Waals surface area contributed by atoms with Crippen molar-refractivity contribution in [1.29, 1.82) is 0 Å². The first-order chi connectivity index (χ1) is 9.93. The maximum Gasteiger partial charge on any atom is 0.175 e. The third-order valence-corrected chi connectivity index (χ3v) is 3.31. The molecule has 0 heterocycles. The SMILES string of the molecule is CCOc1cc(CNCC(C)C)cc(Br)c1OCC(C)O. The maximum atomic E-state index is 9.36. The van der Waals surface area contributed by atoms with Crippen LogP contribution in [0.1, 0.15) is 33.3 Å². The quantitative estimate of drug-likeness (QED) is 0.709. The second-order valence-corrected chi connectivity index (χ2v) is 6.38. The molecule has 1 unspecified atom stereocenters. The highest BCUT2D eigenvalue weighted by Gasteiger charge is 2.13. The van der Waals surface area contributed by atoms with Crippen molar-refractivity contribution in [2.24, 2.45) is 5.92 Å². The highest BCUT2D eigenvalue weighted by Crippen LogP contribution is 2.37. The third kappa shape index (κ3) is 6.68. The molecule has 21 heavy (non-hydrogen) atoms. The predicted octanol–water partition coefficient (Wildman–Crippen LogP) is 3.35. The van der Waals surface area contributed by atoms with E-state index >= 15 is 0 Å². The predicted molar refractivity (Wildman–Crippen MR) is 89.0 cm³/mol. The molecule has 0 spiro atoms. The van der Waals surface area contributed by atoms with Crippen LogP contribution in [0.5, 0.6) is 11.5 Å². The van der Waals surface area contributed by atoms with Gasteiger partial charge in [-0.3, -0.25) is 0 Å². The Hall–Kier alpha value is -0.780. The van der Waals surface area contributed by atoms with Crippen LogP contribution in [0.25, 0.3) is 0 Å². The van der Waals surface area contributed by atoms with Crippen molar-refractivity contribution < 1.29 is 14.6 Å². The van der Waals surface area contributed by atoms with Crippen LogP contribution in [0, 0.1) is 5.92 Å². The van der Waals surface area contributed by atoms with Crippen LogP contribution in [0.3, 0.4) is 0 Å². The lowest BCUT2D eigenvalue weighted by Gasteiger charge is -2.16. The number of hydrogen-bond donors (Lipinski definition) is 2. The van der Waals surface area contributed by atoms with Gasteiger partial charge in [0.15, 0.2) is 11.5 Å². The zero-order chi connectivity index (χ0) is 15.8. The van der Waals surface area contributed by atoms with E-state index in [1.54, 1.807) is 6.92 Å². The Morgan fingerprint density at radius 1 is 1.24 bits per heavy atom. The van der Waals surface area contributed by atoms with E-state index in [0.717, 1.165) is 23.1 Å². The molecule has 0 aromatic heterocycles. The van der Waals surface area contributed by atoms with E-state index in [2.05, 4.69) is 35.1 Å². The Kier molecular flexibility index (Phi) is 8.07. The minimum absolute atomic E-state index is 0.240. The fourth-order valence-electron chi connectivity index (χ4n) is 1.84. The van der Waals surface area contributed by atoms with E-state index < -0.39 is 6.10 Å². The lowest BCUT2D eigenvalue weighted by atomic mass is 10.1. The van der Waals surface area contributed by atoms with E-state index in [4.69, 9.17) is 9.47 Å². The molecule has 0 aliphatic heterocycles. The molecule has 1 aromatic rings. The lowest BCUT2D eigenvalue weighted by Crippen LogP contribution is -2.19. The van der Waals surface area contributed by atoms with Crippen LogP contribution in [0.4, 0.5) is 0 Å². The molecule has 120 valence electrons. The largest absolute Gasteiger partial charge is 0.490 e. The average molecular weight is 360 g/mol. The fourth-order valence-corrected chi connectivity index (χ4v) is 2.44. The summed E-state index contributed by atoms with van der Waals surface area (Å²) in [6.07, 6.45) is -0.515. The second-order valence-electron chi connectivity index (χ2n) is 5.52. The van der Waals surface area contributed by atoms with E-state index in [9.17, 15) is 5.11 Å². The molecule has 1 rings (SSSR count). The molecule has 0 radical (unpaired) electrons. The molecule has 4 nitrogen and oxygen atoms in total. The zero-order valence-corrected chi connectivity index (χ0v) is 14.9. The summed E-state index contributed by atoms with van der Waals surface area (Å²) in [6.45, 7) is 10.6. The molecule has 0 amide bonds. The van der Waals surface area contributed by atoms with E-state index in [1.807, 2.05) is 19.1 Å². The minimum atomic E-state index is -0.515. The Morgan fingerprint density at radius 3 is 2.52 bits per heavy atom. The normalized spacial score (nSPS) is 12.5. The zero-order valence-electron chi connectivity index (χ0n) is 13.3. The number of aliphatic hydroxyl groups excluding tert-OH is 1. The van der Waals surface area contributed by atoms with Gasteiger partial charge in [-0.1, -0.05) is 13.8 Å². The number of benzene rings is 1. The molecular formula is C16H26BrNO3. The molecule has 1 aromatic carbocycles. The molecular weight excluding hydrogens is 334 g/mol. The number of halogens is 1. The van der Waals surface area contributed by atoms with E-state index in [-0.39, 0.29) is 6.61 Å². The van der Waals surface area contributed by atoms with Gasteiger partial charge in [0.1, 0.15) is 6.61 Å². The fraction of sp³-hybridized carbons (Fsp3) is 0.625. The molecule has 0 saturated heterocycles. The Labute approximate surface area is 136 Å². The molecule has 5 heteroatoms. The van der Waals surface area contributed by atoms with Gasteiger partial charge in [0, 0.05) is 6.54 Å². The summed E-state index contributed by atoms with van der Waals surface area (Å²) in [5.41, 5.74) is 1.13. The molecule has 2 N–H and O–H groups in total. The summed E-state index contributed by atoms with van der Waals surface area (Å²) in [4.78, 5) is 0. The number of hydrogen-bond acceptors (Lipinski definition) is 4. The summed E-state index contributed by atoms with van der Waals surface area (Å²) >= 11 is 3.52. The van der Waals surface area contributed by atoms with Gasteiger partial charge in [-0.05, 0) is 59.9 Å². The number of nitrogens with one attached hydrogen (secondary N) is 1. The van der Waals surface area contributed by atoms with Gasteiger partial charge < -0.3 is 19.9 Å². The van der Waals surface area contributed by atoms with Gasteiger partial charge in [-0.2, -0.15) is 0 Å². The second kappa shape index (κ2) is 9.28. The monoisotopic (exact) mass is 359 g/mol. The first-order valence-electron chi connectivity index (χ1n) is 7.40. The van der Waals surface area contributed by atoms with Crippen LogP contribution < -0.4 is 14.8 Å². The average Bonchev–Trinajstić information content (AvgIpc) is 2.37. The van der Waals surface area contributed by atoms with Crippen molar-refractivity contribution in [3.05, 3.63) is 22.2 Å². The number of aliphatic hydroxyl groups is 1. The van der Waals surface area contributed by atoms with Crippen molar-refractivity contribution in [3.63, 3.8) is 0 Å². The number of ether oxygens (including phenoxy) is 2. The van der Waals surface area contributed by atoms with Crippen molar-refractivity contribution in [3.8, 4) is 11.5 Å². The molecule has 0 fully saturated rings. The van der Waals surface area contributed by atoms with Crippen molar-refractivity contribution in [2.75, 3.05) is 19.8 Å². The first-order valence-corrected chi connectivity index (χ1v) is 8.20. The summed E-state index contributed by atoms with van der Waals surface area (Å²) < 4.78 is 12.1. The van der Waals surface area contributed by atoms with Crippen LogP contribution in [0.2, 0.25) is 0 Å². The van der Waals surface area contributed by atoms with Gasteiger partial charge in [-0.25, -0.2) is 0 Å². The van der Waals surface area contributed by atoms with Gasteiger partial charge in [0.2, 0.25) is 0 Å². The lowest BCUT2D eigenvalue weighted by molar-refractivity contribution is 0.119. The highest BCUT2D eigenvalue weighted by molar-refractivity contribution is 9.10. The maximum absolute atomic E-state index is 9.36. The number of rotatable bonds is 9. The van der Waals surface area contributed by atoms with Crippen LogP contribution >= 0.6 is 15.9 Å². The van der Waals surface area contributed by atoms with E-state index in [0.29, 0.717) is 24.0 Å². The molecule has 1 atom stereocenters. The van der Waals surface area contributed by atoms with Crippen LogP contribution in [-0.4, -0.2) is 31.0 Å². The van der Waals surface area contributed by atoms with Gasteiger partial charge in [0.05, 0.1) is 17.2 Å². The van der Waals surface area contributed by atoms with Crippen LogP contribution in [0.15, 0.2) is 16.6 Å². The van der Waals surface area contributed by atoms with Crippen molar-refractivity contribution in [2.45, 2.75) is 40.3 Å². The Morgan fingerprint density at radius 2 is 1.95 bits per heavy atom. The van der Waals surface area contributed by atoms with Gasteiger partial charge >= 0.3 is 0 Å². The summed E-state index contributed by atoms with van der Waals surface area (Å²) in [5, 5.41) is 12.8. The third-order valence-electron chi connectivity index (χ3n) is 2.72. The topological polar surface area (TPSA) is 50.7 Å². The molecule has 0 bridgehead atoms. The summed E-state index contributed by atoms with van der Waals surface area (Å²) in [6, 6.07) is 4.01. The van der Waals surface area contributed by atoms with Crippen molar-refractivity contribution in [1.82, 2.24) is 5.32 Å². The van der Waals surface area contributed by atoms with Gasteiger partial charge in [0.25, 0.3) is 0 Å². The molecule has 0 saturated carbocycles. The standard InChI is InChI=1S/C16H26BrNO3/c1-5-20-15-7-13(9-18-8-11(2)3)6-14(17)16(15)21-10-12(4)19/h6-7,11-12,18-19H,5,8-10H2,1-4H3. The summed E-state index contributed by atoms with van der Waals surface area (Å²) in [7, 11) is 0. The highest BCUT2D eigenvalue weighted by atomic mass is 79.9. The minimum Gasteiger partial charge on any atom is -0.490 e. The Bertz CT molecular complexity index is 436. The smallest absolute Gasteiger partial charge is 0.175 e. The summed E-state index contributed by atoms with van der Waals surface area (Å²) in [5.74, 6) is 1.97. The first kappa shape index (κ1) is 18.3. The molecule has 0 aliphatic carbocycles. The Balaban J connectivity index is 2.84. The van der Waals surface area contributed by atoms with Crippen molar-refractivity contribution >= 4 is 15.9 Å². The van der Waals surface area contributed by atoms with E-state index in [1.165, 1.54) is 0 Å². The van der Waals surface area contributed by atoms with Gasteiger partial charge in [-0.15, -0.1) is 0 Å².